The van der Waals surface area contributed by atoms with Gasteiger partial charge >= 0.3 is 0 Å². The van der Waals surface area contributed by atoms with E-state index in [-0.39, 0.29) is 10.8 Å². The second-order valence-corrected chi connectivity index (χ2v) is 5.46. The molecule has 2 heterocycles. The molecule has 2 rings (SSSR count). The number of likely N-dealkylation sites (tertiary alicyclic amines) is 1. The van der Waals surface area contributed by atoms with Crippen molar-refractivity contribution in [3.05, 3.63) is 0 Å². The van der Waals surface area contributed by atoms with Crippen LogP contribution >= 0.6 is 11.8 Å². The van der Waals surface area contributed by atoms with Crippen LogP contribution < -0.4 is 5.32 Å². The van der Waals surface area contributed by atoms with Gasteiger partial charge in [-0.05, 0) is 26.4 Å². The summed E-state index contributed by atoms with van der Waals surface area (Å²) < 4.78 is 0. The molecule has 0 radical (unpaired) electrons. The van der Waals surface area contributed by atoms with E-state index in [4.69, 9.17) is 0 Å². The SMILES string of the molecule is CN1CCCC2(C1)NC(=O)CCS2. The Bertz CT molecular complexity index is 218. The van der Waals surface area contributed by atoms with Crippen molar-refractivity contribution in [3.8, 4) is 0 Å². The smallest absolute Gasteiger partial charge is 0.221 e. The second-order valence-electron chi connectivity index (χ2n) is 3.98. The van der Waals surface area contributed by atoms with Crippen molar-refractivity contribution in [1.82, 2.24) is 10.2 Å². The van der Waals surface area contributed by atoms with Gasteiger partial charge in [0.05, 0.1) is 4.87 Å². The third-order valence-electron chi connectivity index (χ3n) is 2.72. The molecule has 2 aliphatic heterocycles. The Morgan fingerprint density at radius 2 is 2.46 bits per heavy atom. The Balaban J connectivity index is 2.04. The minimum atomic E-state index is 0.0440. The summed E-state index contributed by atoms with van der Waals surface area (Å²) in [6.45, 7) is 2.17. The molecule has 1 N–H and O–H groups in total. The van der Waals surface area contributed by atoms with Crippen LogP contribution in [0.5, 0.6) is 0 Å². The first-order chi connectivity index (χ1) is 6.20. The zero-order valence-electron chi connectivity index (χ0n) is 8.01. The summed E-state index contributed by atoms with van der Waals surface area (Å²) in [5, 5.41) is 3.14. The van der Waals surface area contributed by atoms with Gasteiger partial charge in [-0.2, -0.15) is 0 Å². The number of nitrogens with one attached hydrogen (secondary N) is 1. The highest BCUT2D eigenvalue weighted by Crippen LogP contribution is 2.34. The van der Waals surface area contributed by atoms with E-state index in [0.717, 1.165) is 25.3 Å². The van der Waals surface area contributed by atoms with Crippen molar-refractivity contribution < 1.29 is 4.79 Å². The third-order valence-corrected chi connectivity index (χ3v) is 4.12. The molecule has 1 atom stereocenters. The lowest BCUT2D eigenvalue weighted by molar-refractivity contribution is -0.122. The lowest BCUT2D eigenvalue weighted by Crippen LogP contribution is -2.57. The Labute approximate surface area is 83.2 Å². The standard InChI is InChI=1S/C9H16N2OS/c1-11-5-2-4-9(7-11)10-8(12)3-6-13-9/h2-7H2,1H3,(H,10,12). The molecule has 0 aromatic rings. The molecule has 2 fully saturated rings. The molecule has 1 amide bonds. The molecular formula is C9H16N2OS. The number of piperidine rings is 1. The van der Waals surface area contributed by atoms with E-state index >= 15 is 0 Å². The van der Waals surface area contributed by atoms with Crippen LogP contribution in [0.25, 0.3) is 0 Å². The minimum Gasteiger partial charge on any atom is -0.340 e. The first-order valence-corrected chi connectivity index (χ1v) is 5.82. The van der Waals surface area contributed by atoms with Gasteiger partial charge in [0.1, 0.15) is 0 Å². The number of thioether (sulfide) groups is 1. The van der Waals surface area contributed by atoms with Crippen molar-refractivity contribution in [2.45, 2.75) is 24.1 Å². The molecule has 0 bridgehead atoms. The van der Waals surface area contributed by atoms with E-state index in [1.807, 2.05) is 11.8 Å². The Kier molecular flexibility index (Phi) is 2.51. The van der Waals surface area contributed by atoms with Gasteiger partial charge in [-0.15, -0.1) is 11.8 Å². The molecule has 13 heavy (non-hydrogen) atoms. The summed E-state index contributed by atoms with van der Waals surface area (Å²) in [4.78, 5) is 13.7. The molecule has 1 unspecified atom stereocenters. The summed E-state index contributed by atoms with van der Waals surface area (Å²) in [7, 11) is 2.13. The quantitative estimate of drug-likeness (QED) is 0.623. The summed E-state index contributed by atoms with van der Waals surface area (Å²) >= 11 is 1.92. The van der Waals surface area contributed by atoms with Crippen molar-refractivity contribution in [2.24, 2.45) is 0 Å². The van der Waals surface area contributed by atoms with Crippen LogP contribution in [-0.2, 0) is 4.79 Å². The van der Waals surface area contributed by atoms with Gasteiger partial charge in [-0.3, -0.25) is 4.79 Å². The molecule has 0 aliphatic carbocycles. The van der Waals surface area contributed by atoms with Gasteiger partial charge in [0.15, 0.2) is 0 Å². The normalized spacial score (nSPS) is 36.2. The summed E-state index contributed by atoms with van der Waals surface area (Å²) in [5.41, 5.74) is 0. The highest BCUT2D eigenvalue weighted by molar-refractivity contribution is 8.00. The third kappa shape index (κ3) is 1.99. The highest BCUT2D eigenvalue weighted by Gasteiger charge is 2.38. The summed E-state index contributed by atoms with van der Waals surface area (Å²) in [5.74, 6) is 1.22. The maximum atomic E-state index is 11.3. The molecule has 74 valence electrons. The van der Waals surface area contributed by atoms with Gasteiger partial charge < -0.3 is 10.2 Å². The molecule has 2 saturated heterocycles. The van der Waals surface area contributed by atoms with Gasteiger partial charge in [-0.25, -0.2) is 0 Å². The van der Waals surface area contributed by atoms with Crippen LogP contribution in [0.15, 0.2) is 0 Å². The van der Waals surface area contributed by atoms with Crippen LogP contribution in [-0.4, -0.2) is 41.6 Å². The average Bonchev–Trinajstić information content (AvgIpc) is 2.02. The topological polar surface area (TPSA) is 32.3 Å². The first-order valence-electron chi connectivity index (χ1n) is 4.84. The van der Waals surface area contributed by atoms with Crippen molar-refractivity contribution in [3.63, 3.8) is 0 Å². The van der Waals surface area contributed by atoms with Crippen LogP contribution in [0.2, 0.25) is 0 Å². The van der Waals surface area contributed by atoms with E-state index in [1.54, 1.807) is 0 Å². The monoisotopic (exact) mass is 200 g/mol. The molecule has 4 heteroatoms. The highest BCUT2D eigenvalue weighted by atomic mass is 32.2. The lowest BCUT2D eigenvalue weighted by atomic mass is 10.1. The molecule has 0 aromatic heterocycles. The fourth-order valence-electron chi connectivity index (χ4n) is 2.14. The number of carbonyl (C=O) groups excluding carboxylic acids is 1. The number of amides is 1. The van der Waals surface area contributed by atoms with Crippen LogP contribution in [0, 0.1) is 0 Å². The lowest BCUT2D eigenvalue weighted by Gasteiger charge is -2.43. The van der Waals surface area contributed by atoms with Crippen LogP contribution in [0.1, 0.15) is 19.3 Å². The fourth-order valence-corrected chi connectivity index (χ4v) is 3.60. The van der Waals surface area contributed by atoms with Gasteiger partial charge in [-0.1, -0.05) is 0 Å². The predicted molar refractivity (Wildman–Crippen MR) is 54.7 cm³/mol. The average molecular weight is 200 g/mol. The number of hydrogen-bond acceptors (Lipinski definition) is 3. The molecule has 0 saturated carbocycles. The largest absolute Gasteiger partial charge is 0.340 e. The zero-order chi connectivity index (χ0) is 9.31. The summed E-state index contributed by atoms with van der Waals surface area (Å²) in [6, 6.07) is 0. The maximum absolute atomic E-state index is 11.3. The van der Waals surface area contributed by atoms with E-state index in [9.17, 15) is 4.79 Å². The van der Waals surface area contributed by atoms with E-state index in [2.05, 4.69) is 17.3 Å². The predicted octanol–water partition coefficient (Wildman–Crippen LogP) is 0.661. The molecule has 1 spiro atoms. The van der Waals surface area contributed by atoms with E-state index < -0.39 is 0 Å². The Morgan fingerprint density at radius 3 is 3.15 bits per heavy atom. The van der Waals surface area contributed by atoms with Crippen molar-refractivity contribution in [1.29, 1.82) is 0 Å². The Morgan fingerprint density at radius 1 is 1.62 bits per heavy atom. The van der Waals surface area contributed by atoms with Gasteiger partial charge in [0.2, 0.25) is 5.91 Å². The zero-order valence-corrected chi connectivity index (χ0v) is 8.82. The van der Waals surface area contributed by atoms with Crippen molar-refractivity contribution in [2.75, 3.05) is 25.9 Å². The number of rotatable bonds is 0. The number of hydrogen-bond donors (Lipinski definition) is 1. The molecule has 3 nitrogen and oxygen atoms in total. The van der Waals surface area contributed by atoms with E-state index in [1.165, 1.54) is 6.42 Å². The number of carbonyl (C=O) groups is 1. The van der Waals surface area contributed by atoms with Gasteiger partial charge in [0, 0.05) is 18.7 Å². The number of nitrogens with zero attached hydrogens (tertiary/aromatic N) is 1. The fraction of sp³-hybridized carbons (Fsp3) is 0.889. The van der Waals surface area contributed by atoms with Gasteiger partial charge in [0.25, 0.3) is 0 Å². The van der Waals surface area contributed by atoms with Crippen molar-refractivity contribution >= 4 is 17.7 Å². The number of likely N-dealkylation sites (N-methyl/N-ethyl adjacent to an activating group) is 1. The molecule has 0 aromatic carbocycles. The van der Waals surface area contributed by atoms with Crippen LogP contribution in [0.4, 0.5) is 0 Å². The maximum Gasteiger partial charge on any atom is 0.221 e. The first kappa shape index (κ1) is 9.34. The van der Waals surface area contributed by atoms with Crippen LogP contribution in [0.3, 0.4) is 0 Å². The molecule has 2 aliphatic rings. The Hall–Kier alpha value is -0.220. The second kappa shape index (κ2) is 3.50. The minimum absolute atomic E-state index is 0.0440. The van der Waals surface area contributed by atoms with E-state index in [0.29, 0.717) is 6.42 Å². The molecular weight excluding hydrogens is 184 g/mol. The summed E-state index contributed by atoms with van der Waals surface area (Å²) in [6.07, 6.45) is 3.02.